The Morgan fingerprint density at radius 2 is 2.14 bits per heavy atom. The van der Waals surface area contributed by atoms with Gasteiger partial charge in [0.2, 0.25) is 5.88 Å². The Bertz CT molecular complexity index is 844. The van der Waals surface area contributed by atoms with Crippen molar-refractivity contribution in [3.8, 4) is 5.88 Å². The van der Waals surface area contributed by atoms with Gasteiger partial charge in [0.1, 0.15) is 5.60 Å². The zero-order valence-corrected chi connectivity index (χ0v) is 17.3. The number of alkyl carbamates (subject to hydrolysis) is 1. The lowest BCUT2D eigenvalue weighted by atomic mass is 9.96. The van der Waals surface area contributed by atoms with E-state index in [1.165, 1.54) is 0 Å². The molecule has 1 fully saturated rings. The van der Waals surface area contributed by atoms with E-state index in [9.17, 15) is 9.90 Å². The fourth-order valence-electron chi connectivity index (χ4n) is 3.36. The molecule has 8 nitrogen and oxygen atoms in total. The third-order valence-electron chi connectivity index (χ3n) is 4.74. The van der Waals surface area contributed by atoms with Crippen LogP contribution in [0.15, 0.2) is 24.4 Å². The van der Waals surface area contributed by atoms with E-state index >= 15 is 0 Å². The van der Waals surface area contributed by atoms with Gasteiger partial charge in [0, 0.05) is 18.7 Å². The van der Waals surface area contributed by atoms with Crippen molar-refractivity contribution in [1.82, 2.24) is 15.3 Å². The second kappa shape index (κ2) is 8.92. The molecule has 0 aromatic carbocycles. The molecule has 8 heteroatoms. The van der Waals surface area contributed by atoms with Gasteiger partial charge in [0.25, 0.3) is 0 Å². The van der Waals surface area contributed by atoms with Crippen LogP contribution in [0.2, 0.25) is 0 Å². The number of aromatic nitrogens is 2. The molecule has 1 amide bonds. The highest BCUT2D eigenvalue weighted by Gasteiger charge is 2.29. The summed E-state index contributed by atoms with van der Waals surface area (Å²) < 4.78 is 16.3. The van der Waals surface area contributed by atoms with Gasteiger partial charge in [-0.05, 0) is 51.3 Å². The Morgan fingerprint density at radius 1 is 1.34 bits per heavy atom. The van der Waals surface area contributed by atoms with Gasteiger partial charge >= 0.3 is 6.09 Å². The molecule has 1 saturated heterocycles. The first-order chi connectivity index (χ1) is 13.7. The summed E-state index contributed by atoms with van der Waals surface area (Å²) in [5.41, 5.74) is 1.81. The fraction of sp³-hybridized carbons (Fsp3) is 0.571. The average molecular weight is 403 g/mol. The largest absolute Gasteiger partial charge is 0.481 e. The van der Waals surface area contributed by atoms with E-state index in [0.717, 1.165) is 11.1 Å². The maximum Gasteiger partial charge on any atom is 0.407 e. The van der Waals surface area contributed by atoms with Crippen molar-refractivity contribution in [3.63, 3.8) is 0 Å². The topological polar surface area (TPSA) is 103 Å². The van der Waals surface area contributed by atoms with Gasteiger partial charge in [0.05, 0.1) is 43.0 Å². The molecule has 0 bridgehead atoms. The van der Waals surface area contributed by atoms with E-state index in [1.54, 1.807) is 19.4 Å². The molecule has 1 aliphatic rings. The van der Waals surface area contributed by atoms with Crippen molar-refractivity contribution < 1.29 is 24.1 Å². The number of hydrogen-bond donors (Lipinski definition) is 2. The van der Waals surface area contributed by atoms with Crippen LogP contribution in [0, 0.1) is 0 Å². The number of amides is 1. The van der Waals surface area contributed by atoms with Gasteiger partial charge in [-0.15, -0.1) is 0 Å². The second-order valence-corrected chi connectivity index (χ2v) is 8.26. The summed E-state index contributed by atoms with van der Waals surface area (Å²) in [5, 5.41) is 13.5. The van der Waals surface area contributed by atoms with Gasteiger partial charge < -0.3 is 24.6 Å². The highest BCUT2D eigenvalue weighted by Crippen LogP contribution is 2.23. The van der Waals surface area contributed by atoms with Crippen LogP contribution in [0.25, 0.3) is 11.0 Å². The van der Waals surface area contributed by atoms with Crippen molar-refractivity contribution in [2.75, 3.05) is 13.7 Å². The van der Waals surface area contributed by atoms with E-state index in [4.69, 9.17) is 14.2 Å². The number of rotatable bonds is 5. The number of carbonyl (C=O) groups excluding carboxylic acids is 1. The maximum atomic E-state index is 11.9. The predicted octanol–water partition coefficient (Wildman–Crippen LogP) is 2.61. The van der Waals surface area contributed by atoms with Gasteiger partial charge in [-0.2, -0.15) is 0 Å². The molecule has 0 radical (unpaired) electrons. The zero-order valence-electron chi connectivity index (χ0n) is 17.3. The number of hydrogen-bond acceptors (Lipinski definition) is 7. The van der Waals surface area contributed by atoms with E-state index in [0.29, 0.717) is 37.3 Å². The van der Waals surface area contributed by atoms with Crippen molar-refractivity contribution in [2.24, 2.45) is 0 Å². The van der Waals surface area contributed by atoms with Crippen LogP contribution in [0.1, 0.15) is 39.2 Å². The molecule has 3 atom stereocenters. The number of fused-ring (bicyclic) bond motifs is 1. The first kappa shape index (κ1) is 21.3. The summed E-state index contributed by atoms with van der Waals surface area (Å²) in [6.45, 7) is 5.81. The summed E-state index contributed by atoms with van der Waals surface area (Å²) in [6, 6.07) is 5.34. The van der Waals surface area contributed by atoms with E-state index in [1.807, 2.05) is 32.9 Å². The molecule has 2 aromatic rings. The normalized spacial score (nSPS) is 20.9. The average Bonchev–Trinajstić information content (AvgIpc) is 2.67. The van der Waals surface area contributed by atoms with Crippen LogP contribution in [-0.4, -0.2) is 58.7 Å². The molecule has 0 saturated carbocycles. The Kier molecular flexibility index (Phi) is 6.54. The summed E-state index contributed by atoms with van der Waals surface area (Å²) in [5.74, 6) is 0.506. The highest BCUT2D eigenvalue weighted by atomic mass is 16.6. The summed E-state index contributed by atoms with van der Waals surface area (Å²) >= 11 is 0. The number of aliphatic hydroxyl groups is 1. The van der Waals surface area contributed by atoms with Crippen molar-refractivity contribution in [3.05, 3.63) is 30.0 Å². The van der Waals surface area contributed by atoms with Crippen molar-refractivity contribution in [2.45, 2.75) is 63.9 Å². The van der Waals surface area contributed by atoms with Gasteiger partial charge in [-0.3, -0.25) is 4.98 Å². The molecule has 0 spiro atoms. The zero-order chi connectivity index (χ0) is 21.0. The number of carbonyl (C=O) groups is 1. The van der Waals surface area contributed by atoms with E-state index in [-0.39, 0.29) is 12.1 Å². The number of nitrogens with one attached hydrogen (secondary N) is 1. The van der Waals surface area contributed by atoms with Crippen LogP contribution >= 0.6 is 0 Å². The minimum atomic E-state index is -0.684. The predicted molar refractivity (Wildman–Crippen MR) is 108 cm³/mol. The summed E-state index contributed by atoms with van der Waals surface area (Å²) in [7, 11) is 1.57. The maximum absolute atomic E-state index is 11.9. The first-order valence-electron chi connectivity index (χ1n) is 9.83. The third-order valence-corrected chi connectivity index (χ3v) is 4.74. The SMILES string of the molecule is COc1ccc2nccc(C[C@@H](O)[C@H]3CC[C@H](NC(=O)OC(C)(C)C)CO3)c2n1. The number of ether oxygens (including phenoxy) is 3. The molecule has 3 heterocycles. The Morgan fingerprint density at radius 3 is 2.79 bits per heavy atom. The minimum absolute atomic E-state index is 0.124. The fourth-order valence-corrected chi connectivity index (χ4v) is 3.36. The molecule has 29 heavy (non-hydrogen) atoms. The molecule has 1 aliphatic heterocycles. The molecule has 2 aromatic heterocycles. The second-order valence-electron chi connectivity index (χ2n) is 8.26. The van der Waals surface area contributed by atoms with Crippen LogP contribution in [0.5, 0.6) is 5.88 Å². The third kappa shape index (κ3) is 5.77. The van der Waals surface area contributed by atoms with Crippen LogP contribution in [0.3, 0.4) is 0 Å². The van der Waals surface area contributed by atoms with Crippen LogP contribution in [0.4, 0.5) is 4.79 Å². The summed E-state index contributed by atoms with van der Waals surface area (Å²) in [6.07, 6.45) is 2.02. The van der Waals surface area contributed by atoms with E-state index < -0.39 is 17.8 Å². The highest BCUT2D eigenvalue weighted by molar-refractivity contribution is 5.78. The summed E-state index contributed by atoms with van der Waals surface area (Å²) in [4.78, 5) is 20.7. The molecule has 0 unspecified atom stereocenters. The lowest BCUT2D eigenvalue weighted by Crippen LogP contribution is -2.47. The quantitative estimate of drug-likeness (QED) is 0.791. The molecular formula is C21H29N3O5. The standard InChI is InChI=1S/C21H29N3O5/c1-21(2,3)29-20(26)23-14-5-7-17(28-12-14)16(25)11-13-9-10-22-15-6-8-18(27-4)24-19(13)15/h6,8-10,14,16-17,25H,5,7,11-12H2,1-4H3,(H,23,26)/t14-,16+,17+/m0/s1. The lowest BCUT2D eigenvalue weighted by molar-refractivity contribution is -0.0718. The Hall–Kier alpha value is -2.45. The molecule has 158 valence electrons. The Labute approximate surface area is 170 Å². The van der Waals surface area contributed by atoms with Crippen LogP contribution in [-0.2, 0) is 15.9 Å². The smallest absolute Gasteiger partial charge is 0.407 e. The van der Waals surface area contributed by atoms with Gasteiger partial charge in [-0.1, -0.05) is 0 Å². The monoisotopic (exact) mass is 403 g/mol. The lowest BCUT2D eigenvalue weighted by Gasteiger charge is -2.32. The van der Waals surface area contributed by atoms with E-state index in [2.05, 4.69) is 15.3 Å². The minimum Gasteiger partial charge on any atom is -0.481 e. The molecular weight excluding hydrogens is 374 g/mol. The molecule has 2 N–H and O–H groups in total. The van der Waals surface area contributed by atoms with Crippen molar-refractivity contribution in [1.29, 1.82) is 0 Å². The number of pyridine rings is 2. The molecule has 3 rings (SSSR count). The van der Waals surface area contributed by atoms with Gasteiger partial charge in [0.15, 0.2) is 0 Å². The number of nitrogens with zero attached hydrogens (tertiary/aromatic N) is 2. The van der Waals surface area contributed by atoms with Gasteiger partial charge in [-0.25, -0.2) is 9.78 Å². The molecule has 0 aliphatic carbocycles. The first-order valence-corrected chi connectivity index (χ1v) is 9.83. The van der Waals surface area contributed by atoms with Crippen molar-refractivity contribution >= 4 is 17.1 Å². The number of methoxy groups -OCH3 is 1. The number of aliphatic hydroxyl groups excluding tert-OH is 1. The Balaban J connectivity index is 1.57. The van der Waals surface area contributed by atoms with Crippen LogP contribution < -0.4 is 10.1 Å².